The molecule has 3 heteroatoms. The minimum Gasteiger partial charge on any atom is -0.146 e. The first-order valence-electron chi connectivity index (χ1n) is 4.67. The summed E-state index contributed by atoms with van der Waals surface area (Å²) in [6, 6.07) is 11.1. The number of rotatable bonds is 4. The lowest BCUT2D eigenvalue weighted by Crippen LogP contribution is -2.10. The van der Waals surface area contributed by atoms with Gasteiger partial charge in [-0.2, -0.15) is 0 Å². The molecule has 0 amide bonds. The van der Waals surface area contributed by atoms with E-state index in [9.17, 15) is 0 Å². The third-order valence-electron chi connectivity index (χ3n) is 1.86. The third kappa shape index (κ3) is 5.48. The zero-order chi connectivity index (χ0) is 10.4. The molecule has 0 bridgehead atoms. The van der Waals surface area contributed by atoms with Crippen molar-refractivity contribution in [2.24, 2.45) is 0 Å². The molecule has 0 radical (unpaired) electrons. The molecule has 1 rings (SSSR count). The van der Waals surface area contributed by atoms with E-state index in [-0.39, 0.29) is 0 Å². The van der Waals surface area contributed by atoms with Crippen LogP contribution in [-0.4, -0.2) is 6.69 Å². The summed E-state index contributed by atoms with van der Waals surface area (Å²) < 4.78 is 0. The van der Waals surface area contributed by atoms with Crippen LogP contribution in [0.3, 0.4) is 0 Å². The van der Waals surface area contributed by atoms with Crippen LogP contribution in [-0.2, 0) is 0 Å². The minimum absolute atomic E-state index is 0.916. The Labute approximate surface area is 96.0 Å². The SMILES string of the molecule is C[Si](Cl)(Cl)CCC=Cc1ccccc1. The zero-order valence-electron chi connectivity index (χ0n) is 8.21. The smallest absolute Gasteiger partial charge is 0.146 e. The largest absolute Gasteiger partial charge is 0.248 e. The van der Waals surface area contributed by atoms with Gasteiger partial charge in [0.1, 0.15) is 0 Å². The molecule has 0 aromatic heterocycles. The lowest BCUT2D eigenvalue weighted by molar-refractivity contribution is 1.20. The van der Waals surface area contributed by atoms with Crippen molar-refractivity contribution in [2.75, 3.05) is 0 Å². The van der Waals surface area contributed by atoms with Crippen LogP contribution >= 0.6 is 22.2 Å². The average molecular weight is 245 g/mol. The van der Waals surface area contributed by atoms with E-state index in [0.717, 1.165) is 12.5 Å². The van der Waals surface area contributed by atoms with Crippen LogP contribution in [0.15, 0.2) is 36.4 Å². The average Bonchev–Trinajstić information content (AvgIpc) is 2.13. The molecule has 0 spiro atoms. The fourth-order valence-electron chi connectivity index (χ4n) is 1.12. The molecule has 76 valence electrons. The van der Waals surface area contributed by atoms with Crippen molar-refractivity contribution in [1.82, 2.24) is 0 Å². The van der Waals surface area contributed by atoms with Crippen molar-refractivity contribution in [3.63, 3.8) is 0 Å². The van der Waals surface area contributed by atoms with Crippen molar-refractivity contribution in [3.05, 3.63) is 42.0 Å². The molecule has 0 saturated carbocycles. The first-order chi connectivity index (χ1) is 6.58. The van der Waals surface area contributed by atoms with Crippen molar-refractivity contribution in [3.8, 4) is 0 Å². The van der Waals surface area contributed by atoms with Crippen molar-refractivity contribution in [1.29, 1.82) is 0 Å². The Balaban J connectivity index is 2.35. The Bertz CT molecular complexity index is 288. The Hall–Kier alpha value is -0.243. The Morgan fingerprint density at radius 1 is 1.21 bits per heavy atom. The van der Waals surface area contributed by atoms with Gasteiger partial charge in [-0.3, -0.25) is 0 Å². The Kier molecular flexibility index (Phi) is 4.73. The molecular formula is C11H14Cl2Si. The van der Waals surface area contributed by atoms with E-state index >= 15 is 0 Å². The van der Waals surface area contributed by atoms with Crippen LogP contribution in [0.4, 0.5) is 0 Å². The minimum atomic E-state index is -1.90. The summed E-state index contributed by atoms with van der Waals surface area (Å²) in [4.78, 5) is 0. The van der Waals surface area contributed by atoms with Crippen LogP contribution in [0, 0.1) is 0 Å². The maximum absolute atomic E-state index is 5.99. The van der Waals surface area contributed by atoms with E-state index in [4.69, 9.17) is 22.2 Å². The second-order valence-electron chi connectivity index (χ2n) is 3.42. The molecule has 14 heavy (non-hydrogen) atoms. The van der Waals surface area contributed by atoms with Crippen LogP contribution < -0.4 is 0 Å². The molecule has 0 saturated heterocycles. The predicted octanol–water partition coefficient (Wildman–Crippen LogP) is 4.64. The first kappa shape index (κ1) is 11.8. The first-order valence-corrected chi connectivity index (χ1v) is 9.40. The highest BCUT2D eigenvalue weighted by atomic mass is 35.7. The summed E-state index contributed by atoms with van der Waals surface area (Å²) in [5.74, 6) is 0. The quantitative estimate of drug-likeness (QED) is 0.535. The van der Waals surface area contributed by atoms with Crippen LogP contribution in [0.2, 0.25) is 12.6 Å². The summed E-state index contributed by atoms with van der Waals surface area (Å²) in [7, 11) is 0. The standard InChI is InChI=1S/C11H14Cl2Si/c1-14(12,13)10-6-5-9-11-7-3-2-4-8-11/h2-5,7-9H,6,10H2,1H3. The van der Waals surface area contributed by atoms with Gasteiger partial charge in [-0.05, 0) is 24.6 Å². The monoisotopic (exact) mass is 244 g/mol. The van der Waals surface area contributed by atoms with Crippen molar-refractivity contribution < 1.29 is 0 Å². The van der Waals surface area contributed by atoms with E-state index in [1.54, 1.807) is 0 Å². The van der Waals surface area contributed by atoms with E-state index in [0.29, 0.717) is 0 Å². The van der Waals surface area contributed by atoms with E-state index in [1.165, 1.54) is 5.56 Å². The van der Waals surface area contributed by atoms with Gasteiger partial charge in [0.05, 0.1) is 0 Å². The van der Waals surface area contributed by atoms with Crippen molar-refractivity contribution in [2.45, 2.75) is 19.0 Å². The lowest BCUT2D eigenvalue weighted by Gasteiger charge is -2.06. The molecule has 0 nitrogen and oxygen atoms in total. The van der Waals surface area contributed by atoms with Gasteiger partial charge in [-0.1, -0.05) is 42.5 Å². The fourth-order valence-corrected chi connectivity index (χ4v) is 2.45. The predicted molar refractivity (Wildman–Crippen MR) is 68.2 cm³/mol. The molecule has 0 atom stereocenters. The summed E-state index contributed by atoms with van der Waals surface area (Å²) in [5, 5.41) is 0. The van der Waals surface area contributed by atoms with E-state index in [2.05, 4.69) is 24.3 Å². The zero-order valence-corrected chi connectivity index (χ0v) is 10.7. The van der Waals surface area contributed by atoms with Gasteiger partial charge in [0.15, 0.2) is 0 Å². The highest BCUT2D eigenvalue weighted by molar-refractivity contribution is 7.44. The van der Waals surface area contributed by atoms with Gasteiger partial charge in [0.2, 0.25) is 6.69 Å². The van der Waals surface area contributed by atoms with Gasteiger partial charge >= 0.3 is 0 Å². The molecule has 0 aliphatic carbocycles. The molecule has 0 heterocycles. The number of hydrogen-bond donors (Lipinski definition) is 0. The number of allylic oxidation sites excluding steroid dienone is 1. The van der Waals surface area contributed by atoms with Gasteiger partial charge in [0.25, 0.3) is 0 Å². The Morgan fingerprint density at radius 3 is 2.43 bits per heavy atom. The number of hydrogen-bond acceptors (Lipinski definition) is 0. The molecule has 0 fully saturated rings. The summed E-state index contributed by atoms with van der Waals surface area (Å²) in [6.45, 7) is 0.0487. The van der Waals surface area contributed by atoms with Gasteiger partial charge in [0, 0.05) is 0 Å². The highest BCUT2D eigenvalue weighted by Gasteiger charge is 2.18. The lowest BCUT2D eigenvalue weighted by atomic mass is 10.2. The van der Waals surface area contributed by atoms with E-state index < -0.39 is 6.69 Å². The second-order valence-corrected chi connectivity index (χ2v) is 11.6. The fraction of sp³-hybridized carbons (Fsp3) is 0.273. The molecular weight excluding hydrogens is 231 g/mol. The van der Waals surface area contributed by atoms with Gasteiger partial charge < -0.3 is 0 Å². The molecule has 0 N–H and O–H groups in total. The number of halogens is 2. The highest BCUT2D eigenvalue weighted by Crippen LogP contribution is 2.21. The maximum Gasteiger partial charge on any atom is 0.248 e. The molecule has 1 aromatic rings. The molecule has 1 aromatic carbocycles. The summed E-state index contributed by atoms with van der Waals surface area (Å²) >= 11 is 12.0. The maximum atomic E-state index is 5.99. The molecule has 0 aliphatic rings. The molecule has 0 aliphatic heterocycles. The topological polar surface area (TPSA) is 0 Å². The van der Waals surface area contributed by atoms with Gasteiger partial charge in [-0.15, -0.1) is 22.2 Å². The van der Waals surface area contributed by atoms with Crippen molar-refractivity contribution >= 4 is 34.9 Å². The van der Waals surface area contributed by atoms with E-state index in [1.807, 2.05) is 24.7 Å². The third-order valence-corrected chi connectivity index (χ3v) is 4.16. The Morgan fingerprint density at radius 2 is 1.86 bits per heavy atom. The second kappa shape index (κ2) is 5.59. The number of benzene rings is 1. The molecule has 0 unspecified atom stereocenters. The van der Waals surface area contributed by atoms with Gasteiger partial charge in [-0.25, -0.2) is 0 Å². The summed E-state index contributed by atoms with van der Waals surface area (Å²) in [5.41, 5.74) is 1.22. The summed E-state index contributed by atoms with van der Waals surface area (Å²) in [6.07, 6.45) is 5.20. The van der Waals surface area contributed by atoms with Crippen LogP contribution in [0.1, 0.15) is 12.0 Å². The van der Waals surface area contributed by atoms with Crippen LogP contribution in [0.25, 0.3) is 6.08 Å². The normalized spacial score (nSPS) is 12.2. The van der Waals surface area contributed by atoms with Crippen LogP contribution in [0.5, 0.6) is 0 Å².